The van der Waals surface area contributed by atoms with Crippen LogP contribution in [0.25, 0.3) is 0 Å². The lowest BCUT2D eigenvalue weighted by Crippen LogP contribution is -2.12. The van der Waals surface area contributed by atoms with Gasteiger partial charge < -0.3 is 19.5 Å². The Balaban J connectivity index is 1.97. The van der Waals surface area contributed by atoms with Crippen LogP contribution in [-0.2, 0) is 4.74 Å². The van der Waals surface area contributed by atoms with E-state index < -0.39 is 0 Å². The average Bonchev–Trinajstić information content (AvgIpc) is 2.71. The topological polar surface area (TPSA) is 73.9 Å². The summed E-state index contributed by atoms with van der Waals surface area (Å²) < 4.78 is 15.6. The lowest BCUT2D eigenvalue weighted by atomic mass is 10.1. The summed E-state index contributed by atoms with van der Waals surface area (Å²) in [6.07, 6.45) is 2.97. The third-order valence-electron chi connectivity index (χ3n) is 4.01. The Hall–Kier alpha value is -3.02. The predicted octanol–water partition coefficient (Wildman–Crippen LogP) is 4.30. The predicted molar refractivity (Wildman–Crippen MR) is 104 cm³/mol. The number of carbonyl (C=O) groups excluding carboxylic acids is 2. The summed E-state index contributed by atoms with van der Waals surface area (Å²) in [6, 6.07) is 11.5. The molecule has 0 heterocycles. The molecule has 0 atom stereocenters. The molecule has 0 aliphatic rings. The van der Waals surface area contributed by atoms with Gasteiger partial charge in [-0.25, -0.2) is 4.79 Å². The third kappa shape index (κ3) is 5.74. The third-order valence-corrected chi connectivity index (χ3v) is 4.01. The number of carbonyl (C=O) groups is 2. The molecule has 0 bridgehead atoms. The number of benzene rings is 2. The minimum absolute atomic E-state index is 0.286. The number of nitrogens with one attached hydrogen (secondary N) is 1. The molecule has 2 aromatic rings. The molecule has 0 spiro atoms. The normalized spacial score (nSPS) is 10.2. The van der Waals surface area contributed by atoms with Gasteiger partial charge in [0.25, 0.3) is 5.91 Å². The van der Waals surface area contributed by atoms with Crippen molar-refractivity contribution in [2.24, 2.45) is 0 Å². The summed E-state index contributed by atoms with van der Waals surface area (Å²) >= 11 is 0. The van der Waals surface area contributed by atoms with Crippen molar-refractivity contribution >= 4 is 17.6 Å². The number of unbranched alkanes of at least 4 members (excludes halogenated alkanes) is 2. The van der Waals surface area contributed by atoms with Gasteiger partial charge in [0.15, 0.2) is 11.5 Å². The van der Waals surface area contributed by atoms with Crippen LogP contribution in [0.5, 0.6) is 11.5 Å². The number of rotatable bonds is 9. The number of hydrogen-bond acceptors (Lipinski definition) is 5. The molecule has 0 unspecified atom stereocenters. The first kappa shape index (κ1) is 20.3. The van der Waals surface area contributed by atoms with E-state index in [4.69, 9.17) is 14.2 Å². The minimum atomic E-state index is -0.358. The van der Waals surface area contributed by atoms with Crippen molar-refractivity contribution in [2.45, 2.75) is 26.2 Å². The fourth-order valence-corrected chi connectivity index (χ4v) is 2.47. The van der Waals surface area contributed by atoms with Gasteiger partial charge in [-0.05, 0) is 48.9 Å². The zero-order valence-corrected chi connectivity index (χ0v) is 15.9. The standard InChI is InChI=1S/C21H25NO5/c1-4-5-6-13-27-21(24)15-7-10-17(11-8-15)22-20(23)16-9-12-18(25-2)19(14-16)26-3/h7-12,14H,4-6,13H2,1-3H3,(H,22,23). The highest BCUT2D eigenvalue weighted by atomic mass is 16.5. The summed E-state index contributed by atoms with van der Waals surface area (Å²) in [7, 11) is 3.05. The van der Waals surface area contributed by atoms with Gasteiger partial charge in [-0.15, -0.1) is 0 Å². The number of amides is 1. The first-order valence-electron chi connectivity index (χ1n) is 8.89. The van der Waals surface area contributed by atoms with Crippen LogP contribution in [0.2, 0.25) is 0 Å². The lowest BCUT2D eigenvalue weighted by Gasteiger charge is -2.10. The Bertz CT molecular complexity index is 771. The first-order valence-corrected chi connectivity index (χ1v) is 8.89. The maximum Gasteiger partial charge on any atom is 0.338 e. The van der Waals surface area contributed by atoms with E-state index in [9.17, 15) is 9.59 Å². The maximum absolute atomic E-state index is 12.4. The van der Waals surface area contributed by atoms with Crippen LogP contribution < -0.4 is 14.8 Å². The highest BCUT2D eigenvalue weighted by Crippen LogP contribution is 2.27. The van der Waals surface area contributed by atoms with E-state index in [1.54, 1.807) is 42.5 Å². The number of methoxy groups -OCH3 is 2. The van der Waals surface area contributed by atoms with Gasteiger partial charge in [0.2, 0.25) is 0 Å². The van der Waals surface area contributed by atoms with Crippen LogP contribution in [0.15, 0.2) is 42.5 Å². The van der Waals surface area contributed by atoms with Crippen LogP contribution in [0, 0.1) is 0 Å². The van der Waals surface area contributed by atoms with Crippen molar-refractivity contribution in [1.29, 1.82) is 0 Å². The maximum atomic E-state index is 12.4. The van der Waals surface area contributed by atoms with Gasteiger partial charge in [-0.3, -0.25) is 4.79 Å². The minimum Gasteiger partial charge on any atom is -0.493 e. The second kappa shape index (κ2) is 10.2. The molecule has 0 saturated carbocycles. The first-order chi connectivity index (χ1) is 13.1. The van der Waals surface area contributed by atoms with Gasteiger partial charge in [-0.1, -0.05) is 19.8 Å². The van der Waals surface area contributed by atoms with E-state index in [1.807, 2.05) is 0 Å². The molecule has 6 heteroatoms. The van der Waals surface area contributed by atoms with E-state index in [1.165, 1.54) is 14.2 Å². The summed E-state index contributed by atoms with van der Waals surface area (Å²) in [4.78, 5) is 24.4. The number of anilines is 1. The number of hydrogen-bond donors (Lipinski definition) is 1. The molecule has 0 aromatic heterocycles. The molecule has 27 heavy (non-hydrogen) atoms. The molecule has 0 saturated heterocycles. The summed E-state index contributed by atoms with van der Waals surface area (Å²) in [5.41, 5.74) is 1.47. The van der Waals surface area contributed by atoms with Gasteiger partial charge in [0.1, 0.15) is 0 Å². The fourth-order valence-electron chi connectivity index (χ4n) is 2.47. The zero-order valence-electron chi connectivity index (χ0n) is 15.9. The fraction of sp³-hybridized carbons (Fsp3) is 0.333. The SMILES string of the molecule is CCCCCOC(=O)c1ccc(NC(=O)c2ccc(OC)c(OC)c2)cc1. The molecule has 2 rings (SSSR count). The monoisotopic (exact) mass is 371 g/mol. The van der Waals surface area contributed by atoms with Crippen LogP contribution >= 0.6 is 0 Å². The Morgan fingerprint density at radius 3 is 2.19 bits per heavy atom. The number of esters is 1. The Morgan fingerprint density at radius 1 is 0.889 bits per heavy atom. The Morgan fingerprint density at radius 2 is 1.56 bits per heavy atom. The summed E-state index contributed by atoms with van der Waals surface area (Å²) in [5, 5.41) is 2.79. The largest absolute Gasteiger partial charge is 0.493 e. The van der Waals surface area contributed by atoms with Gasteiger partial charge in [0.05, 0.1) is 26.4 Å². The van der Waals surface area contributed by atoms with E-state index in [0.717, 1.165) is 19.3 Å². The molecule has 1 amide bonds. The van der Waals surface area contributed by atoms with Crippen molar-refractivity contribution in [3.05, 3.63) is 53.6 Å². The summed E-state index contributed by atoms with van der Waals surface area (Å²) in [5.74, 6) is 0.386. The van der Waals surface area contributed by atoms with Crippen molar-refractivity contribution in [1.82, 2.24) is 0 Å². The lowest BCUT2D eigenvalue weighted by molar-refractivity contribution is 0.0498. The van der Waals surface area contributed by atoms with Crippen LogP contribution in [0.4, 0.5) is 5.69 Å². The van der Waals surface area contributed by atoms with Gasteiger partial charge >= 0.3 is 5.97 Å². The molecule has 1 N–H and O–H groups in total. The molecule has 144 valence electrons. The molecule has 2 aromatic carbocycles. The van der Waals surface area contributed by atoms with Crippen molar-refractivity contribution < 1.29 is 23.8 Å². The second-order valence-corrected chi connectivity index (χ2v) is 5.94. The quantitative estimate of drug-likeness (QED) is 0.525. The van der Waals surface area contributed by atoms with E-state index >= 15 is 0 Å². The van der Waals surface area contributed by atoms with Crippen molar-refractivity contribution in [3.8, 4) is 11.5 Å². The molecular formula is C21H25NO5. The Labute approximate surface area is 159 Å². The second-order valence-electron chi connectivity index (χ2n) is 5.94. The highest BCUT2D eigenvalue weighted by molar-refractivity contribution is 6.04. The Kier molecular flexibility index (Phi) is 7.67. The van der Waals surface area contributed by atoms with Crippen molar-refractivity contribution in [2.75, 3.05) is 26.1 Å². The van der Waals surface area contributed by atoms with E-state index in [2.05, 4.69) is 12.2 Å². The van der Waals surface area contributed by atoms with Gasteiger partial charge in [-0.2, -0.15) is 0 Å². The zero-order chi connectivity index (χ0) is 19.6. The van der Waals surface area contributed by atoms with Gasteiger partial charge in [0, 0.05) is 11.3 Å². The van der Waals surface area contributed by atoms with E-state index in [0.29, 0.717) is 34.9 Å². The number of ether oxygens (including phenoxy) is 3. The highest BCUT2D eigenvalue weighted by Gasteiger charge is 2.12. The van der Waals surface area contributed by atoms with Crippen LogP contribution in [0.3, 0.4) is 0 Å². The molecule has 6 nitrogen and oxygen atoms in total. The molecular weight excluding hydrogens is 346 g/mol. The molecule has 0 radical (unpaired) electrons. The summed E-state index contributed by atoms with van der Waals surface area (Å²) in [6.45, 7) is 2.52. The molecule has 0 fully saturated rings. The van der Waals surface area contributed by atoms with Crippen molar-refractivity contribution in [3.63, 3.8) is 0 Å². The average molecular weight is 371 g/mol. The van der Waals surface area contributed by atoms with Crippen LogP contribution in [-0.4, -0.2) is 32.7 Å². The van der Waals surface area contributed by atoms with E-state index in [-0.39, 0.29) is 11.9 Å². The smallest absolute Gasteiger partial charge is 0.338 e. The molecule has 0 aliphatic carbocycles. The van der Waals surface area contributed by atoms with Crippen LogP contribution in [0.1, 0.15) is 46.9 Å². The molecule has 0 aliphatic heterocycles.